The Morgan fingerprint density at radius 1 is 1.29 bits per heavy atom. The molecule has 1 fully saturated rings. The minimum atomic E-state index is -4.08. The molecule has 17 heavy (non-hydrogen) atoms. The van der Waals surface area contributed by atoms with Gasteiger partial charge in [-0.25, -0.2) is 0 Å². The topological polar surface area (TPSA) is 15.3 Å². The zero-order chi connectivity index (χ0) is 12.9. The van der Waals surface area contributed by atoms with Crippen LogP contribution in [-0.2, 0) is 0 Å². The van der Waals surface area contributed by atoms with E-state index in [1.165, 1.54) is 4.90 Å². The van der Waals surface area contributed by atoms with Gasteiger partial charge in [-0.1, -0.05) is 13.3 Å². The molecule has 0 bridgehead atoms. The molecule has 0 aromatic heterocycles. The summed E-state index contributed by atoms with van der Waals surface area (Å²) in [4.78, 5) is 1.40. The van der Waals surface area contributed by atoms with Crippen molar-refractivity contribution < 1.29 is 13.2 Å². The van der Waals surface area contributed by atoms with Gasteiger partial charge < -0.3 is 5.32 Å². The fourth-order valence-corrected chi connectivity index (χ4v) is 2.62. The first kappa shape index (κ1) is 14.8. The number of rotatable bonds is 6. The molecule has 0 aromatic carbocycles. The highest BCUT2D eigenvalue weighted by Crippen LogP contribution is 2.27. The second kappa shape index (κ2) is 6.59. The summed E-state index contributed by atoms with van der Waals surface area (Å²) in [6, 6.07) is 0.408. The van der Waals surface area contributed by atoms with E-state index in [1.54, 1.807) is 7.05 Å². The van der Waals surface area contributed by atoms with Crippen molar-refractivity contribution in [3.05, 3.63) is 0 Å². The number of nitrogens with one attached hydrogen (secondary N) is 1. The molecule has 0 radical (unpaired) electrons. The molecule has 2 nitrogen and oxygen atoms in total. The van der Waals surface area contributed by atoms with Crippen molar-refractivity contribution in [1.29, 1.82) is 0 Å². The minimum absolute atomic E-state index is 0.369. The second-order valence-corrected chi connectivity index (χ2v) is 5.06. The van der Waals surface area contributed by atoms with Crippen LogP contribution in [0.5, 0.6) is 0 Å². The first-order chi connectivity index (χ1) is 7.92. The summed E-state index contributed by atoms with van der Waals surface area (Å²) in [7, 11) is 1.56. The van der Waals surface area contributed by atoms with E-state index in [9.17, 15) is 13.2 Å². The van der Waals surface area contributed by atoms with Gasteiger partial charge in [-0.3, -0.25) is 4.90 Å². The zero-order valence-corrected chi connectivity index (χ0v) is 10.7. The van der Waals surface area contributed by atoms with Crippen molar-refractivity contribution in [2.75, 3.05) is 26.7 Å². The van der Waals surface area contributed by atoms with Crippen molar-refractivity contribution in [2.45, 2.75) is 44.8 Å². The number of nitrogens with zero attached hydrogens (tertiary/aromatic N) is 1. The van der Waals surface area contributed by atoms with E-state index in [2.05, 4.69) is 12.2 Å². The van der Waals surface area contributed by atoms with Crippen LogP contribution in [0, 0.1) is 5.92 Å². The summed E-state index contributed by atoms with van der Waals surface area (Å²) in [6.45, 7) is 2.81. The average molecular weight is 252 g/mol. The lowest BCUT2D eigenvalue weighted by Gasteiger charge is -2.26. The predicted octanol–water partition coefficient (Wildman–Crippen LogP) is 2.65. The van der Waals surface area contributed by atoms with Gasteiger partial charge in [0, 0.05) is 12.6 Å². The monoisotopic (exact) mass is 252 g/mol. The third kappa shape index (κ3) is 5.73. The molecule has 1 aliphatic rings. The molecule has 2 unspecified atom stereocenters. The van der Waals surface area contributed by atoms with Gasteiger partial charge >= 0.3 is 6.18 Å². The maximum absolute atomic E-state index is 12.2. The summed E-state index contributed by atoms with van der Waals surface area (Å²) >= 11 is 0. The Balaban J connectivity index is 2.33. The normalized spacial score (nSPS) is 25.8. The van der Waals surface area contributed by atoms with Gasteiger partial charge in [0.2, 0.25) is 0 Å². The highest BCUT2D eigenvalue weighted by Gasteiger charge is 2.32. The van der Waals surface area contributed by atoms with Crippen LogP contribution in [0.4, 0.5) is 13.2 Å². The van der Waals surface area contributed by atoms with Crippen molar-refractivity contribution in [3.63, 3.8) is 0 Å². The lowest BCUT2D eigenvalue weighted by molar-refractivity contribution is -0.144. The van der Waals surface area contributed by atoms with Crippen molar-refractivity contribution in [1.82, 2.24) is 10.2 Å². The molecule has 1 aliphatic carbocycles. The first-order valence-corrected chi connectivity index (χ1v) is 6.41. The molecule has 0 aromatic rings. The Hall–Kier alpha value is -0.290. The third-order valence-electron chi connectivity index (χ3n) is 3.31. The van der Waals surface area contributed by atoms with Gasteiger partial charge in [0.1, 0.15) is 0 Å². The average Bonchev–Trinajstić information content (AvgIpc) is 2.59. The molecule has 0 amide bonds. The van der Waals surface area contributed by atoms with E-state index in [1.807, 2.05) is 0 Å². The van der Waals surface area contributed by atoms with Crippen molar-refractivity contribution >= 4 is 0 Å². The summed E-state index contributed by atoms with van der Waals surface area (Å²) in [5.41, 5.74) is 0. The summed E-state index contributed by atoms with van der Waals surface area (Å²) < 4.78 is 36.7. The maximum Gasteiger partial charge on any atom is 0.401 e. The molecule has 0 saturated heterocycles. The van der Waals surface area contributed by atoms with Crippen LogP contribution in [-0.4, -0.2) is 43.8 Å². The molecule has 1 saturated carbocycles. The zero-order valence-electron chi connectivity index (χ0n) is 10.7. The number of halogens is 3. The van der Waals surface area contributed by atoms with Gasteiger partial charge in [0.25, 0.3) is 0 Å². The van der Waals surface area contributed by atoms with Crippen LogP contribution in [0.1, 0.15) is 32.6 Å². The van der Waals surface area contributed by atoms with E-state index in [-0.39, 0.29) is 0 Å². The van der Waals surface area contributed by atoms with Gasteiger partial charge in [0.05, 0.1) is 6.54 Å². The molecular weight excluding hydrogens is 229 g/mol. The molecule has 2 atom stereocenters. The van der Waals surface area contributed by atoms with Gasteiger partial charge in [0.15, 0.2) is 0 Å². The number of hydrogen-bond donors (Lipinski definition) is 1. The van der Waals surface area contributed by atoms with Crippen molar-refractivity contribution in [2.24, 2.45) is 5.92 Å². The quantitative estimate of drug-likeness (QED) is 0.782. The SMILES string of the molecule is CCCNC1CCCC1CN(C)CC(F)(F)F. The van der Waals surface area contributed by atoms with E-state index < -0.39 is 12.7 Å². The molecular formula is C12H23F3N2. The molecule has 5 heteroatoms. The Kier molecular flexibility index (Phi) is 5.73. The lowest BCUT2D eigenvalue weighted by Crippen LogP contribution is -2.41. The number of hydrogen-bond acceptors (Lipinski definition) is 2. The summed E-state index contributed by atoms with van der Waals surface area (Å²) in [5.74, 6) is 0.369. The van der Waals surface area contributed by atoms with E-state index >= 15 is 0 Å². The maximum atomic E-state index is 12.2. The molecule has 1 N–H and O–H groups in total. The Morgan fingerprint density at radius 3 is 2.59 bits per heavy atom. The standard InChI is InChI=1S/C12H23F3N2/c1-3-7-16-11-6-4-5-10(11)8-17(2)9-12(13,14)15/h10-11,16H,3-9H2,1-2H3. The van der Waals surface area contributed by atoms with Gasteiger partial charge in [-0.2, -0.15) is 13.2 Å². The second-order valence-electron chi connectivity index (χ2n) is 5.06. The summed E-state index contributed by atoms with van der Waals surface area (Å²) in [5, 5.41) is 3.44. The van der Waals surface area contributed by atoms with Gasteiger partial charge in [-0.15, -0.1) is 0 Å². The fraction of sp³-hybridized carbons (Fsp3) is 1.00. The highest BCUT2D eigenvalue weighted by molar-refractivity contribution is 4.85. The van der Waals surface area contributed by atoms with Crippen LogP contribution in [0.3, 0.4) is 0 Å². The third-order valence-corrected chi connectivity index (χ3v) is 3.31. The molecule has 1 rings (SSSR count). The first-order valence-electron chi connectivity index (χ1n) is 6.41. The lowest BCUT2D eigenvalue weighted by atomic mass is 10.0. The van der Waals surface area contributed by atoms with Crippen LogP contribution in [0.15, 0.2) is 0 Å². The molecule has 0 spiro atoms. The molecule has 0 heterocycles. The van der Waals surface area contributed by atoms with Crippen LogP contribution < -0.4 is 5.32 Å². The summed E-state index contributed by atoms with van der Waals surface area (Å²) in [6.07, 6.45) is 0.265. The van der Waals surface area contributed by atoms with Gasteiger partial charge in [-0.05, 0) is 38.8 Å². The van der Waals surface area contributed by atoms with Crippen molar-refractivity contribution in [3.8, 4) is 0 Å². The number of alkyl halides is 3. The Morgan fingerprint density at radius 2 is 2.00 bits per heavy atom. The predicted molar refractivity (Wildman–Crippen MR) is 63.0 cm³/mol. The highest BCUT2D eigenvalue weighted by atomic mass is 19.4. The minimum Gasteiger partial charge on any atom is -0.314 e. The van der Waals surface area contributed by atoms with Crippen LogP contribution in [0.2, 0.25) is 0 Å². The molecule has 0 aliphatic heterocycles. The largest absolute Gasteiger partial charge is 0.401 e. The Labute approximate surface area is 102 Å². The van der Waals surface area contributed by atoms with E-state index in [4.69, 9.17) is 0 Å². The van der Waals surface area contributed by atoms with E-state index in [0.717, 1.165) is 32.2 Å². The van der Waals surface area contributed by atoms with Crippen LogP contribution >= 0.6 is 0 Å². The Bertz CT molecular complexity index is 218. The fourth-order valence-electron chi connectivity index (χ4n) is 2.62. The van der Waals surface area contributed by atoms with E-state index in [0.29, 0.717) is 18.5 Å². The van der Waals surface area contributed by atoms with Crippen LogP contribution in [0.25, 0.3) is 0 Å². The smallest absolute Gasteiger partial charge is 0.314 e. The molecule has 102 valence electrons.